The molecule has 2 rings (SSSR count). The summed E-state index contributed by atoms with van der Waals surface area (Å²) in [6.45, 7) is 11.7. The van der Waals surface area contributed by atoms with Crippen LogP contribution in [0.1, 0.15) is 70.6 Å². The van der Waals surface area contributed by atoms with Gasteiger partial charge in [0.1, 0.15) is 5.82 Å². The van der Waals surface area contributed by atoms with Crippen molar-refractivity contribution < 1.29 is 13.2 Å². The lowest BCUT2D eigenvalue weighted by atomic mass is 9.96. The molecule has 0 unspecified atom stereocenters. The molecular weight excluding hydrogens is 363 g/mol. The van der Waals surface area contributed by atoms with Gasteiger partial charge < -0.3 is 0 Å². The molecule has 28 heavy (non-hydrogen) atoms. The van der Waals surface area contributed by atoms with Gasteiger partial charge in [0.15, 0.2) is 5.84 Å². The third-order valence-electron chi connectivity index (χ3n) is 4.71. The minimum absolute atomic E-state index is 0.198. The van der Waals surface area contributed by atoms with Gasteiger partial charge >= 0.3 is 0 Å². The maximum atomic E-state index is 14.3. The Morgan fingerprint density at radius 1 is 1.21 bits per heavy atom. The molecule has 0 radical (unpaired) electrons. The summed E-state index contributed by atoms with van der Waals surface area (Å²) < 4.78 is 41.4. The summed E-state index contributed by atoms with van der Waals surface area (Å²) in [5.41, 5.74) is 2.67. The second-order valence-electron chi connectivity index (χ2n) is 7.50. The highest BCUT2D eigenvalue weighted by Gasteiger charge is 2.22. The smallest absolute Gasteiger partial charge is 0.259 e. The van der Waals surface area contributed by atoms with Crippen LogP contribution in [-0.4, -0.2) is 23.8 Å². The van der Waals surface area contributed by atoms with Gasteiger partial charge in [-0.2, -0.15) is 0 Å². The predicted molar refractivity (Wildman–Crippen MR) is 111 cm³/mol. The molecule has 1 aromatic rings. The lowest BCUT2D eigenvalue weighted by molar-refractivity contribution is 0.146. The molecule has 3 nitrogen and oxygen atoms in total. The number of hydrogen-bond acceptors (Lipinski definition) is 3. The molecule has 0 amide bonds. The molecule has 0 bridgehead atoms. The van der Waals surface area contributed by atoms with Crippen molar-refractivity contribution in [2.24, 2.45) is 20.9 Å². The van der Waals surface area contributed by atoms with Crippen molar-refractivity contribution in [1.29, 1.82) is 0 Å². The monoisotopic (exact) mass is 391 g/mol. The van der Waals surface area contributed by atoms with E-state index >= 15 is 0 Å². The van der Waals surface area contributed by atoms with Gasteiger partial charge in [-0.25, -0.2) is 18.2 Å². The van der Waals surface area contributed by atoms with E-state index in [0.717, 1.165) is 12.1 Å². The molecule has 1 aliphatic rings. The average molecular weight is 391 g/mol. The lowest BCUT2D eigenvalue weighted by Gasteiger charge is -2.14. The quantitative estimate of drug-likeness (QED) is 0.471. The zero-order valence-corrected chi connectivity index (χ0v) is 17.4. The van der Waals surface area contributed by atoms with Gasteiger partial charge in [-0.3, -0.25) is 9.98 Å². The number of aliphatic imine (C=N–C) groups is 3. The first kappa shape index (κ1) is 22.1. The number of hydrogen-bond donors (Lipinski definition) is 0. The summed E-state index contributed by atoms with van der Waals surface area (Å²) in [4.78, 5) is 13.6. The van der Waals surface area contributed by atoms with E-state index < -0.39 is 17.8 Å². The number of nitrogens with zero attached hydrogens (tertiary/aromatic N) is 3. The summed E-state index contributed by atoms with van der Waals surface area (Å²) in [6, 6.07) is 3.06. The number of benzene rings is 1. The van der Waals surface area contributed by atoms with Crippen molar-refractivity contribution in [3.05, 3.63) is 40.3 Å². The first-order chi connectivity index (χ1) is 13.1. The number of amidine groups is 1. The van der Waals surface area contributed by atoms with Crippen molar-refractivity contribution in [3.8, 4) is 0 Å². The Morgan fingerprint density at radius 3 is 2.46 bits per heavy atom. The van der Waals surface area contributed by atoms with E-state index in [1.165, 1.54) is 13.0 Å². The van der Waals surface area contributed by atoms with Crippen molar-refractivity contribution in [2.45, 2.75) is 60.8 Å². The molecule has 0 saturated carbocycles. The minimum atomic E-state index is -2.89. The van der Waals surface area contributed by atoms with E-state index in [2.05, 4.69) is 28.8 Å². The molecule has 0 saturated heterocycles. The lowest BCUT2D eigenvalue weighted by Crippen LogP contribution is -2.08. The Bertz CT molecular complexity index is 862. The summed E-state index contributed by atoms with van der Waals surface area (Å²) >= 11 is 0. The molecule has 1 aliphatic heterocycles. The van der Waals surface area contributed by atoms with Gasteiger partial charge in [-0.1, -0.05) is 32.9 Å². The molecule has 0 spiro atoms. The van der Waals surface area contributed by atoms with E-state index in [0.29, 0.717) is 41.7 Å². The van der Waals surface area contributed by atoms with Crippen LogP contribution in [0.25, 0.3) is 5.57 Å². The van der Waals surface area contributed by atoms with E-state index in [-0.39, 0.29) is 11.1 Å². The summed E-state index contributed by atoms with van der Waals surface area (Å²) in [6.07, 6.45) is -1.48. The van der Waals surface area contributed by atoms with Crippen LogP contribution < -0.4 is 0 Å². The maximum absolute atomic E-state index is 14.3. The Balaban J connectivity index is 2.44. The highest BCUT2D eigenvalue weighted by Crippen LogP contribution is 2.34. The maximum Gasteiger partial charge on any atom is 0.267 e. The third-order valence-corrected chi connectivity index (χ3v) is 4.71. The molecular formula is C22H28F3N3. The van der Waals surface area contributed by atoms with E-state index in [1.54, 1.807) is 13.0 Å². The molecule has 0 aliphatic carbocycles. The van der Waals surface area contributed by atoms with Crippen LogP contribution in [0.2, 0.25) is 0 Å². The molecule has 0 aromatic heterocycles. The van der Waals surface area contributed by atoms with Gasteiger partial charge in [0.25, 0.3) is 6.43 Å². The Morgan fingerprint density at radius 2 is 1.89 bits per heavy atom. The zero-order chi connectivity index (χ0) is 21.0. The standard InChI is InChI=1S/C22H28F3N3/c1-7-18(27-15(6)22-26-11-16(28-22)10-12(2)3)14(5)17-9-8-13(4)20(23)19(17)21(24)25/h8-9,12,21H,7,10-11H2,1-6H3/b18-14+,27-15?. The van der Waals surface area contributed by atoms with E-state index in [9.17, 15) is 13.2 Å². The van der Waals surface area contributed by atoms with Gasteiger partial charge in [-0.15, -0.1) is 0 Å². The predicted octanol–water partition coefficient (Wildman–Crippen LogP) is 6.57. The fourth-order valence-corrected chi connectivity index (χ4v) is 3.24. The second kappa shape index (κ2) is 9.30. The van der Waals surface area contributed by atoms with Crippen molar-refractivity contribution in [1.82, 2.24) is 0 Å². The van der Waals surface area contributed by atoms with Crippen molar-refractivity contribution >= 4 is 22.8 Å². The van der Waals surface area contributed by atoms with Gasteiger partial charge in [-0.05, 0) is 56.2 Å². The van der Waals surface area contributed by atoms with E-state index in [4.69, 9.17) is 0 Å². The summed E-state index contributed by atoms with van der Waals surface area (Å²) in [5.74, 6) is 0.229. The van der Waals surface area contributed by atoms with Gasteiger partial charge in [0.2, 0.25) is 0 Å². The highest BCUT2D eigenvalue weighted by atomic mass is 19.3. The van der Waals surface area contributed by atoms with Crippen LogP contribution in [0.15, 0.2) is 32.8 Å². The first-order valence-corrected chi connectivity index (χ1v) is 9.59. The molecule has 1 aromatic carbocycles. The van der Waals surface area contributed by atoms with Crippen LogP contribution in [0.5, 0.6) is 0 Å². The molecule has 1 heterocycles. The molecule has 0 fully saturated rings. The second-order valence-corrected chi connectivity index (χ2v) is 7.50. The summed E-state index contributed by atoms with van der Waals surface area (Å²) in [7, 11) is 0. The van der Waals surface area contributed by atoms with Crippen LogP contribution in [-0.2, 0) is 0 Å². The van der Waals surface area contributed by atoms with Crippen LogP contribution in [0, 0.1) is 18.7 Å². The molecule has 152 valence electrons. The average Bonchev–Trinajstić information content (AvgIpc) is 3.08. The van der Waals surface area contributed by atoms with Crippen molar-refractivity contribution in [3.63, 3.8) is 0 Å². The van der Waals surface area contributed by atoms with Crippen LogP contribution in [0.3, 0.4) is 0 Å². The van der Waals surface area contributed by atoms with Crippen molar-refractivity contribution in [2.75, 3.05) is 6.54 Å². The van der Waals surface area contributed by atoms with Gasteiger partial charge in [0, 0.05) is 11.4 Å². The Hall–Kier alpha value is -2.24. The molecule has 6 heteroatoms. The number of halogens is 3. The SMILES string of the molecule is CC/C(N=C(C)C1=NCC(CC(C)C)=N1)=C(/C)c1ccc(C)c(F)c1C(F)F. The van der Waals surface area contributed by atoms with E-state index in [1.807, 2.05) is 13.8 Å². The largest absolute Gasteiger partial charge is 0.267 e. The molecule has 0 N–H and O–H groups in total. The normalized spacial score (nSPS) is 15.9. The Kier molecular flexibility index (Phi) is 7.33. The van der Waals surface area contributed by atoms with Crippen LogP contribution in [0.4, 0.5) is 13.2 Å². The highest BCUT2D eigenvalue weighted by molar-refractivity contribution is 6.44. The Labute approximate surface area is 165 Å². The number of aryl methyl sites for hydroxylation is 1. The van der Waals surface area contributed by atoms with Gasteiger partial charge in [0.05, 0.1) is 17.8 Å². The first-order valence-electron chi connectivity index (χ1n) is 9.59. The van der Waals surface area contributed by atoms with Crippen LogP contribution >= 0.6 is 0 Å². The zero-order valence-electron chi connectivity index (χ0n) is 17.4. The fraction of sp³-hybridized carbons (Fsp3) is 0.500. The topological polar surface area (TPSA) is 37.1 Å². The fourth-order valence-electron chi connectivity index (χ4n) is 3.24. The molecule has 0 atom stereocenters. The number of alkyl halides is 2. The number of rotatable bonds is 7. The summed E-state index contributed by atoms with van der Waals surface area (Å²) in [5, 5.41) is 0. The third kappa shape index (κ3) is 4.97. The minimum Gasteiger partial charge on any atom is -0.259 e. The number of allylic oxidation sites excluding steroid dienone is 2.